The molecule has 1 aliphatic carbocycles. The summed E-state index contributed by atoms with van der Waals surface area (Å²) in [6, 6.07) is 5.72. The lowest BCUT2D eigenvalue weighted by Gasteiger charge is -2.34. The van der Waals surface area contributed by atoms with E-state index in [0.717, 1.165) is 24.2 Å². The largest absolute Gasteiger partial charge is 0.462 e. The number of hydrogen-bond acceptors (Lipinski definition) is 5. The zero-order valence-corrected chi connectivity index (χ0v) is 16.8. The predicted octanol–water partition coefficient (Wildman–Crippen LogP) is 2.69. The van der Waals surface area contributed by atoms with Crippen LogP contribution in [0.15, 0.2) is 24.3 Å². The average molecular weight is 401 g/mol. The van der Waals surface area contributed by atoms with Crippen LogP contribution in [-0.2, 0) is 14.3 Å². The zero-order chi connectivity index (χ0) is 21.0. The highest BCUT2D eigenvalue weighted by Gasteiger charge is 2.52. The van der Waals surface area contributed by atoms with E-state index < -0.39 is 23.4 Å². The van der Waals surface area contributed by atoms with Crippen molar-refractivity contribution in [2.45, 2.75) is 51.5 Å². The van der Waals surface area contributed by atoms with Gasteiger partial charge in [0.05, 0.1) is 12.2 Å². The van der Waals surface area contributed by atoms with Gasteiger partial charge in [0.15, 0.2) is 0 Å². The molecule has 1 saturated heterocycles. The first kappa shape index (κ1) is 20.8. The minimum absolute atomic E-state index is 0.282. The van der Waals surface area contributed by atoms with Gasteiger partial charge in [-0.25, -0.2) is 9.59 Å². The standard InChI is InChI=1S/C21H27N3O5/c1-3-14-9-11-21(12-10-14)19(27)24(20(28)23-21)13-17(25)22-16-7-5-15(6-8-16)18(26)29-4-2/h5-8,14H,3-4,9-13H2,1-2H3,(H,22,25)(H,23,28). The molecule has 0 atom stereocenters. The Bertz CT molecular complexity index is 797. The van der Waals surface area contributed by atoms with Gasteiger partial charge in [0, 0.05) is 5.69 Å². The van der Waals surface area contributed by atoms with Gasteiger partial charge < -0.3 is 15.4 Å². The lowest BCUT2D eigenvalue weighted by Crippen LogP contribution is -2.49. The summed E-state index contributed by atoms with van der Waals surface area (Å²) in [4.78, 5) is 50.2. The molecule has 1 spiro atoms. The van der Waals surface area contributed by atoms with Crippen LogP contribution in [0.5, 0.6) is 0 Å². The van der Waals surface area contributed by atoms with Crippen molar-refractivity contribution in [2.75, 3.05) is 18.5 Å². The lowest BCUT2D eigenvalue weighted by atomic mass is 9.75. The number of ether oxygens (including phenoxy) is 1. The van der Waals surface area contributed by atoms with Crippen LogP contribution in [-0.4, -0.2) is 47.4 Å². The number of esters is 1. The van der Waals surface area contributed by atoms with E-state index in [1.165, 1.54) is 0 Å². The maximum Gasteiger partial charge on any atom is 0.338 e. The van der Waals surface area contributed by atoms with E-state index >= 15 is 0 Å². The first-order chi connectivity index (χ1) is 13.9. The van der Waals surface area contributed by atoms with E-state index in [-0.39, 0.29) is 19.1 Å². The fourth-order valence-electron chi connectivity index (χ4n) is 3.99. The van der Waals surface area contributed by atoms with Crippen LogP contribution in [0.2, 0.25) is 0 Å². The number of carbonyl (C=O) groups is 4. The molecule has 1 aromatic rings. The SMILES string of the molecule is CCOC(=O)c1ccc(NC(=O)CN2C(=O)NC3(CCC(CC)CC3)C2=O)cc1. The minimum atomic E-state index is -0.857. The summed E-state index contributed by atoms with van der Waals surface area (Å²) >= 11 is 0. The van der Waals surface area contributed by atoms with Gasteiger partial charge in [-0.1, -0.05) is 13.3 Å². The van der Waals surface area contributed by atoms with Gasteiger partial charge in [0.25, 0.3) is 5.91 Å². The second-order valence-corrected chi connectivity index (χ2v) is 7.60. The van der Waals surface area contributed by atoms with Crippen molar-refractivity contribution in [3.63, 3.8) is 0 Å². The van der Waals surface area contributed by atoms with Gasteiger partial charge in [0.1, 0.15) is 12.1 Å². The van der Waals surface area contributed by atoms with Crippen LogP contribution in [0.25, 0.3) is 0 Å². The second kappa shape index (κ2) is 8.63. The number of nitrogens with zero attached hydrogens (tertiary/aromatic N) is 1. The Labute approximate surface area is 170 Å². The molecule has 1 saturated carbocycles. The monoisotopic (exact) mass is 401 g/mol. The molecule has 8 heteroatoms. The van der Waals surface area contributed by atoms with Crippen LogP contribution < -0.4 is 10.6 Å². The van der Waals surface area contributed by atoms with Crippen LogP contribution in [0.3, 0.4) is 0 Å². The summed E-state index contributed by atoms with van der Waals surface area (Å²) < 4.78 is 4.91. The van der Waals surface area contributed by atoms with Gasteiger partial charge in [-0.15, -0.1) is 0 Å². The molecule has 3 rings (SSSR count). The quantitative estimate of drug-likeness (QED) is 0.563. The number of rotatable bonds is 6. The van der Waals surface area contributed by atoms with Gasteiger partial charge in [0.2, 0.25) is 5.91 Å². The normalized spacial score (nSPS) is 23.8. The fourth-order valence-corrected chi connectivity index (χ4v) is 3.99. The molecule has 2 fully saturated rings. The molecule has 0 radical (unpaired) electrons. The maximum atomic E-state index is 12.9. The average Bonchev–Trinajstić information content (AvgIpc) is 2.93. The molecular formula is C21H27N3O5. The molecule has 1 heterocycles. The molecular weight excluding hydrogens is 374 g/mol. The second-order valence-electron chi connectivity index (χ2n) is 7.60. The molecule has 2 aliphatic rings. The summed E-state index contributed by atoms with van der Waals surface area (Å²) in [6.07, 6.45) is 4.09. The number of carbonyl (C=O) groups excluding carboxylic acids is 4. The molecule has 1 aliphatic heterocycles. The number of benzene rings is 1. The van der Waals surface area contributed by atoms with Crippen molar-refractivity contribution in [1.29, 1.82) is 0 Å². The summed E-state index contributed by atoms with van der Waals surface area (Å²) in [6.45, 7) is 3.79. The molecule has 29 heavy (non-hydrogen) atoms. The van der Waals surface area contributed by atoms with Gasteiger partial charge in [-0.2, -0.15) is 0 Å². The number of imide groups is 1. The molecule has 4 amide bonds. The minimum Gasteiger partial charge on any atom is -0.462 e. The van der Waals surface area contributed by atoms with E-state index in [4.69, 9.17) is 4.74 Å². The Morgan fingerprint density at radius 2 is 1.83 bits per heavy atom. The maximum absolute atomic E-state index is 12.9. The van der Waals surface area contributed by atoms with Crippen molar-refractivity contribution < 1.29 is 23.9 Å². The zero-order valence-electron chi connectivity index (χ0n) is 16.8. The molecule has 0 aromatic heterocycles. The van der Waals surface area contributed by atoms with Crippen molar-refractivity contribution in [2.24, 2.45) is 5.92 Å². The number of amides is 4. The summed E-state index contributed by atoms with van der Waals surface area (Å²) in [7, 11) is 0. The Morgan fingerprint density at radius 1 is 1.17 bits per heavy atom. The van der Waals surface area contributed by atoms with Crippen LogP contribution in [0.4, 0.5) is 10.5 Å². The number of nitrogens with one attached hydrogen (secondary N) is 2. The van der Waals surface area contributed by atoms with E-state index in [1.54, 1.807) is 31.2 Å². The van der Waals surface area contributed by atoms with Crippen LogP contribution in [0.1, 0.15) is 56.3 Å². The van der Waals surface area contributed by atoms with Crippen molar-refractivity contribution in [3.05, 3.63) is 29.8 Å². The van der Waals surface area contributed by atoms with Crippen molar-refractivity contribution in [3.8, 4) is 0 Å². The molecule has 1 aromatic carbocycles. The van der Waals surface area contributed by atoms with Gasteiger partial charge in [-0.3, -0.25) is 14.5 Å². The first-order valence-corrected chi connectivity index (χ1v) is 10.1. The van der Waals surface area contributed by atoms with E-state index in [1.807, 2.05) is 0 Å². The number of hydrogen-bond donors (Lipinski definition) is 2. The highest BCUT2D eigenvalue weighted by atomic mass is 16.5. The Kier molecular flexibility index (Phi) is 6.20. The summed E-state index contributed by atoms with van der Waals surface area (Å²) in [5.74, 6) is -0.644. The summed E-state index contributed by atoms with van der Waals surface area (Å²) in [5, 5.41) is 5.47. The molecule has 0 unspecified atom stereocenters. The van der Waals surface area contributed by atoms with Gasteiger partial charge in [-0.05, 0) is 62.8 Å². The van der Waals surface area contributed by atoms with Crippen LogP contribution in [0, 0.1) is 5.92 Å². The molecule has 0 bridgehead atoms. The van der Waals surface area contributed by atoms with E-state index in [9.17, 15) is 19.2 Å². The fraction of sp³-hybridized carbons (Fsp3) is 0.524. The number of urea groups is 1. The smallest absolute Gasteiger partial charge is 0.338 e. The third-order valence-electron chi connectivity index (χ3n) is 5.76. The predicted molar refractivity (Wildman–Crippen MR) is 106 cm³/mol. The van der Waals surface area contributed by atoms with Gasteiger partial charge >= 0.3 is 12.0 Å². The first-order valence-electron chi connectivity index (χ1n) is 10.1. The number of anilines is 1. The Hall–Kier alpha value is -2.90. The Balaban J connectivity index is 1.58. The highest BCUT2D eigenvalue weighted by molar-refractivity contribution is 6.10. The molecule has 8 nitrogen and oxygen atoms in total. The lowest BCUT2D eigenvalue weighted by molar-refractivity contribution is -0.135. The van der Waals surface area contributed by atoms with Crippen molar-refractivity contribution in [1.82, 2.24) is 10.2 Å². The Morgan fingerprint density at radius 3 is 2.41 bits per heavy atom. The van der Waals surface area contributed by atoms with Crippen molar-refractivity contribution >= 4 is 29.5 Å². The summed E-state index contributed by atoms with van der Waals surface area (Å²) in [5.41, 5.74) is -0.0125. The van der Waals surface area contributed by atoms with Crippen LogP contribution >= 0.6 is 0 Å². The topological polar surface area (TPSA) is 105 Å². The van der Waals surface area contributed by atoms with E-state index in [2.05, 4.69) is 17.6 Å². The third-order valence-corrected chi connectivity index (χ3v) is 5.76. The van der Waals surface area contributed by atoms with E-state index in [0.29, 0.717) is 30.0 Å². The molecule has 2 N–H and O–H groups in total. The molecule has 156 valence electrons. The highest BCUT2D eigenvalue weighted by Crippen LogP contribution is 2.37. The third kappa shape index (κ3) is 4.41.